The molecule has 3 nitrogen and oxygen atoms in total. The van der Waals surface area contributed by atoms with E-state index in [1.165, 1.54) is 0 Å². The molecule has 0 heterocycles. The molecule has 0 saturated heterocycles. The Labute approximate surface area is 117 Å². The molecule has 2 N–H and O–H groups in total. The molecule has 0 saturated carbocycles. The zero-order valence-corrected chi connectivity index (χ0v) is 12.6. The first-order chi connectivity index (χ1) is 8.97. The van der Waals surface area contributed by atoms with Crippen molar-refractivity contribution in [3.8, 4) is 5.75 Å². The molecule has 0 bridgehead atoms. The van der Waals surface area contributed by atoms with Crippen molar-refractivity contribution < 1.29 is 9.47 Å². The van der Waals surface area contributed by atoms with Gasteiger partial charge in [-0.25, -0.2) is 0 Å². The predicted octanol–water partition coefficient (Wildman–Crippen LogP) is 3.32. The Morgan fingerprint density at radius 2 is 1.89 bits per heavy atom. The number of rotatable bonds is 8. The van der Waals surface area contributed by atoms with Crippen LogP contribution in [0.3, 0.4) is 0 Å². The normalized spacial score (nSPS) is 14.4. The summed E-state index contributed by atoms with van der Waals surface area (Å²) in [7, 11) is 1.67. The lowest BCUT2D eigenvalue weighted by atomic mass is 9.89. The first-order valence-corrected chi connectivity index (χ1v) is 6.97. The topological polar surface area (TPSA) is 44.5 Å². The summed E-state index contributed by atoms with van der Waals surface area (Å²) >= 11 is 0. The van der Waals surface area contributed by atoms with Crippen molar-refractivity contribution in [1.82, 2.24) is 0 Å². The summed E-state index contributed by atoms with van der Waals surface area (Å²) < 4.78 is 11.0. The van der Waals surface area contributed by atoms with Gasteiger partial charge in [-0.3, -0.25) is 0 Å². The van der Waals surface area contributed by atoms with Gasteiger partial charge in [-0.15, -0.1) is 0 Å². The molecule has 0 fully saturated rings. The van der Waals surface area contributed by atoms with Crippen molar-refractivity contribution in [2.75, 3.05) is 20.3 Å². The minimum atomic E-state index is -0.426. The second kappa shape index (κ2) is 7.51. The van der Waals surface area contributed by atoms with E-state index in [-0.39, 0.29) is 0 Å². The number of nitrogens with two attached hydrogens (primary N) is 1. The Bertz CT molecular complexity index is 375. The third kappa shape index (κ3) is 5.21. The lowest BCUT2D eigenvalue weighted by molar-refractivity contribution is 0.107. The predicted molar refractivity (Wildman–Crippen MR) is 79.4 cm³/mol. The monoisotopic (exact) mass is 265 g/mol. The third-order valence-corrected chi connectivity index (χ3v) is 3.33. The standard InChI is InChI=1S/C16H27NO2/c1-13(2)9-11-19-12-10-16(3,17)14-7-5-6-8-15(14)18-4/h5-8,13H,9-12,17H2,1-4H3. The number of ether oxygens (including phenoxy) is 2. The summed E-state index contributed by atoms with van der Waals surface area (Å²) in [4.78, 5) is 0. The van der Waals surface area contributed by atoms with Crippen molar-refractivity contribution in [1.29, 1.82) is 0 Å². The van der Waals surface area contributed by atoms with E-state index in [4.69, 9.17) is 15.2 Å². The maximum atomic E-state index is 6.40. The molecular formula is C16H27NO2. The summed E-state index contributed by atoms with van der Waals surface area (Å²) in [5.74, 6) is 1.52. The van der Waals surface area contributed by atoms with Crippen LogP contribution in [0.4, 0.5) is 0 Å². The number of para-hydroxylation sites is 1. The molecule has 1 atom stereocenters. The second-order valence-corrected chi connectivity index (χ2v) is 5.66. The Balaban J connectivity index is 2.51. The Morgan fingerprint density at radius 3 is 2.53 bits per heavy atom. The second-order valence-electron chi connectivity index (χ2n) is 5.66. The fraction of sp³-hybridized carbons (Fsp3) is 0.625. The number of hydrogen-bond donors (Lipinski definition) is 1. The summed E-state index contributed by atoms with van der Waals surface area (Å²) in [5.41, 5.74) is 7.00. The summed E-state index contributed by atoms with van der Waals surface area (Å²) in [6.45, 7) is 7.91. The maximum absolute atomic E-state index is 6.40. The molecule has 1 aromatic carbocycles. The van der Waals surface area contributed by atoms with Crippen molar-refractivity contribution in [2.24, 2.45) is 11.7 Å². The van der Waals surface area contributed by atoms with E-state index < -0.39 is 5.54 Å². The third-order valence-electron chi connectivity index (χ3n) is 3.33. The molecule has 0 radical (unpaired) electrons. The van der Waals surface area contributed by atoms with Crippen LogP contribution in [0.1, 0.15) is 39.2 Å². The van der Waals surface area contributed by atoms with Gasteiger partial charge in [-0.2, -0.15) is 0 Å². The molecular weight excluding hydrogens is 238 g/mol. The fourth-order valence-corrected chi connectivity index (χ4v) is 1.96. The first kappa shape index (κ1) is 16.0. The summed E-state index contributed by atoms with van der Waals surface area (Å²) in [6, 6.07) is 7.91. The number of benzene rings is 1. The average molecular weight is 265 g/mol. The molecule has 0 aliphatic carbocycles. The van der Waals surface area contributed by atoms with Gasteiger partial charge >= 0.3 is 0 Å². The van der Waals surface area contributed by atoms with E-state index in [1.807, 2.05) is 31.2 Å². The van der Waals surface area contributed by atoms with Crippen LogP contribution in [0.5, 0.6) is 5.75 Å². The van der Waals surface area contributed by atoms with Gasteiger partial charge in [0.15, 0.2) is 0 Å². The molecule has 108 valence electrons. The maximum Gasteiger partial charge on any atom is 0.123 e. The SMILES string of the molecule is COc1ccccc1C(C)(N)CCOCCC(C)C. The molecule has 0 amide bonds. The van der Waals surface area contributed by atoms with Crippen LogP contribution in [-0.2, 0) is 10.3 Å². The average Bonchev–Trinajstić information content (AvgIpc) is 2.37. The van der Waals surface area contributed by atoms with E-state index in [1.54, 1.807) is 7.11 Å². The van der Waals surface area contributed by atoms with Crippen LogP contribution >= 0.6 is 0 Å². The molecule has 0 aliphatic rings. The summed E-state index contributed by atoms with van der Waals surface area (Å²) in [6.07, 6.45) is 1.88. The van der Waals surface area contributed by atoms with Crippen molar-refractivity contribution in [2.45, 2.75) is 39.2 Å². The molecule has 19 heavy (non-hydrogen) atoms. The molecule has 0 aromatic heterocycles. The van der Waals surface area contributed by atoms with E-state index in [2.05, 4.69) is 13.8 Å². The van der Waals surface area contributed by atoms with Crippen LogP contribution < -0.4 is 10.5 Å². The fourth-order valence-electron chi connectivity index (χ4n) is 1.96. The Morgan fingerprint density at radius 1 is 1.21 bits per heavy atom. The largest absolute Gasteiger partial charge is 0.496 e. The highest BCUT2D eigenvalue weighted by molar-refractivity contribution is 5.38. The van der Waals surface area contributed by atoms with E-state index in [9.17, 15) is 0 Å². The zero-order chi connectivity index (χ0) is 14.3. The minimum Gasteiger partial charge on any atom is -0.496 e. The van der Waals surface area contributed by atoms with E-state index in [0.717, 1.165) is 30.8 Å². The van der Waals surface area contributed by atoms with Gasteiger partial charge in [-0.1, -0.05) is 32.0 Å². The van der Waals surface area contributed by atoms with Crippen LogP contribution in [0, 0.1) is 5.92 Å². The van der Waals surface area contributed by atoms with Gasteiger partial charge in [0.25, 0.3) is 0 Å². The van der Waals surface area contributed by atoms with Gasteiger partial charge in [0, 0.05) is 24.3 Å². The van der Waals surface area contributed by atoms with E-state index in [0.29, 0.717) is 12.5 Å². The lowest BCUT2D eigenvalue weighted by Gasteiger charge is -2.27. The highest BCUT2D eigenvalue weighted by Gasteiger charge is 2.24. The van der Waals surface area contributed by atoms with Crippen LogP contribution in [0.2, 0.25) is 0 Å². The molecule has 0 spiro atoms. The Kier molecular flexibility index (Phi) is 6.32. The first-order valence-electron chi connectivity index (χ1n) is 6.97. The van der Waals surface area contributed by atoms with Crippen molar-refractivity contribution >= 4 is 0 Å². The van der Waals surface area contributed by atoms with Gasteiger partial charge < -0.3 is 15.2 Å². The zero-order valence-electron chi connectivity index (χ0n) is 12.6. The number of methoxy groups -OCH3 is 1. The molecule has 1 rings (SSSR count). The quantitative estimate of drug-likeness (QED) is 0.733. The smallest absolute Gasteiger partial charge is 0.123 e. The van der Waals surface area contributed by atoms with Gasteiger partial charge in [0.1, 0.15) is 5.75 Å². The Hall–Kier alpha value is -1.06. The van der Waals surface area contributed by atoms with E-state index >= 15 is 0 Å². The molecule has 1 aromatic rings. The van der Waals surface area contributed by atoms with Gasteiger partial charge in [0.05, 0.1) is 7.11 Å². The van der Waals surface area contributed by atoms with Crippen molar-refractivity contribution in [3.63, 3.8) is 0 Å². The minimum absolute atomic E-state index is 0.426. The molecule has 3 heteroatoms. The van der Waals surface area contributed by atoms with Crippen LogP contribution in [-0.4, -0.2) is 20.3 Å². The lowest BCUT2D eigenvalue weighted by Crippen LogP contribution is -2.34. The van der Waals surface area contributed by atoms with Gasteiger partial charge in [-0.05, 0) is 31.7 Å². The van der Waals surface area contributed by atoms with Crippen molar-refractivity contribution in [3.05, 3.63) is 29.8 Å². The molecule has 1 unspecified atom stereocenters. The number of hydrogen-bond acceptors (Lipinski definition) is 3. The van der Waals surface area contributed by atoms with Crippen LogP contribution in [0.15, 0.2) is 24.3 Å². The highest BCUT2D eigenvalue weighted by atomic mass is 16.5. The highest BCUT2D eigenvalue weighted by Crippen LogP contribution is 2.30. The summed E-state index contributed by atoms with van der Waals surface area (Å²) in [5, 5.41) is 0. The molecule has 0 aliphatic heterocycles. The van der Waals surface area contributed by atoms with Gasteiger partial charge in [0.2, 0.25) is 0 Å². The van der Waals surface area contributed by atoms with Crippen LogP contribution in [0.25, 0.3) is 0 Å².